The Hall–Kier alpha value is -1.61. The van der Waals surface area contributed by atoms with Gasteiger partial charge in [0.25, 0.3) is 0 Å². The van der Waals surface area contributed by atoms with Crippen molar-refractivity contribution in [2.75, 3.05) is 7.11 Å². The lowest BCUT2D eigenvalue weighted by Gasteiger charge is -2.21. The highest BCUT2D eigenvalue weighted by molar-refractivity contribution is 7.99. The van der Waals surface area contributed by atoms with Crippen LogP contribution in [0, 0.1) is 48.5 Å². The molecule has 2 nitrogen and oxygen atoms in total. The number of benzene rings is 2. The number of methoxy groups -OCH3 is 1. The maximum absolute atomic E-state index is 10.0. The molecule has 0 bridgehead atoms. The van der Waals surface area contributed by atoms with E-state index in [4.69, 9.17) is 4.74 Å². The predicted molar refractivity (Wildman–Crippen MR) is 98.4 cm³/mol. The summed E-state index contributed by atoms with van der Waals surface area (Å²) in [5, 5.41) is 10.0. The zero-order chi connectivity index (χ0) is 17.5. The van der Waals surface area contributed by atoms with Crippen LogP contribution in [0.15, 0.2) is 15.9 Å². The monoisotopic (exact) mass is 330 g/mol. The maximum Gasteiger partial charge on any atom is 0.125 e. The number of hydrogen-bond donors (Lipinski definition) is 1. The number of aryl methyl sites for hydroxylation is 1. The van der Waals surface area contributed by atoms with Crippen LogP contribution in [0.1, 0.15) is 38.9 Å². The predicted octanol–water partition coefficient (Wildman–Crippen LogP) is 5.71. The number of hydrogen-bond acceptors (Lipinski definition) is 3. The summed E-state index contributed by atoms with van der Waals surface area (Å²) >= 11 is 1.80. The van der Waals surface area contributed by atoms with Crippen LogP contribution >= 0.6 is 11.8 Å². The molecule has 0 heterocycles. The van der Waals surface area contributed by atoms with Crippen LogP contribution in [0.3, 0.4) is 0 Å². The molecule has 0 radical (unpaired) electrons. The Kier molecular flexibility index (Phi) is 5.00. The van der Waals surface area contributed by atoms with Gasteiger partial charge >= 0.3 is 0 Å². The molecule has 0 fully saturated rings. The van der Waals surface area contributed by atoms with Crippen molar-refractivity contribution in [2.45, 2.75) is 58.3 Å². The molecule has 0 atom stereocenters. The lowest BCUT2D eigenvalue weighted by Crippen LogP contribution is -2.00. The molecule has 2 aromatic carbocycles. The van der Waals surface area contributed by atoms with Crippen molar-refractivity contribution in [1.82, 2.24) is 0 Å². The average molecular weight is 330 g/mol. The fourth-order valence-electron chi connectivity index (χ4n) is 3.00. The summed E-state index contributed by atoms with van der Waals surface area (Å²) in [5.74, 6) is 1.36. The van der Waals surface area contributed by atoms with E-state index in [-0.39, 0.29) is 0 Å². The molecule has 0 amide bonds. The van der Waals surface area contributed by atoms with Gasteiger partial charge in [0, 0.05) is 9.79 Å². The topological polar surface area (TPSA) is 29.5 Å². The molecule has 0 aliphatic rings. The highest BCUT2D eigenvalue weighted by atomic mass is 32.2. The third-order valence-corrected chi connectivity index (χ3v) is 6.54. The first-order chi connectivity index (χ1) is 10.7. The number of phenols is 1. The van der Waals surface area contributed by atoms with Crippen LogP contribution < -0.4 is 4.74 Å². The number of ether oxygens (including phenoxy) is 1. The molecule has 0 unspecified atom stereocenters. The van der Waals surface area contributed by atoms with E-state index in [1.54, 1.807) is 18.9 Å². The quantitative estimate of drug-likeness (QED) is 0.781. The summed E-state index contributed by atoms with van der Waals surface area (Å²) in [6.07, 6.45) is 0. The molecule has 0 aromatic heterocycles. The van der Waals surface area contributed by atoms with E-state index in [0.717, 1.165) is 22.4 Å². The molecule has 0 spiro atoms. The van der Waals surface area contributed by atoms with Crippen molar-refractivity contribution in [3.63, 3.8) is 0 Å². The normalized spacial score (nSPS) is 11.0. The van der Waals surface area contributed by atoms with Gasteiger partial charge in [0.15, 0.2) is 0 Å². The van der Waals surface area contributed by atoms with Gasteiger partial charge in [0.1, 0.15) is 11.5 Å². The minimum Gasteiger partial charge on any atom is -0.508 e. The average Bonchev–Trinajstić information content (AvgIpc) is 2.51. The number of rotatable bonds is 3. The Labute approximate surface area is 143 Å². The lowest BCUT2D eigenvalue weighted by molar-refractivity contribution is 0.407. The van der Waals surface area contributed by atoms with Crippen LogP contribution in [0.25, 0.3) is 0 Å². The van der Waals surface area contributed by atoms with Gasteiger partial charge in [-0.2, -0.15) is 0 Å². The molecular formula is C20H26O2S. The summed E-state index contributed by atoms with van der Waals surface area (Å²) in [6.45, 7) is 14.7. The molecule has 0 aliphatic heterocycles. The number of aromatic hydroxyl groups is 1. The Morgan fingerprint density at radius 1 is 0.739 bits per heavy atom. The van der Waals surface area contributed by atoms with Gasteiger partial charge < -0.3 is 9.84 Å². The number of phenolic OH excluding ortho intramolecular Hbond substituents is 1. The summed E-state index contributed by atoms with van der Waals surface area (Å²) < 4.78 is 5.58. The second-order valence-corrected chi connectivity index (χ2v) is 7.28. The minimum atomic E-state index is 0.375. The summed E-state index contributed by atoms with van der Waals surface area (Å²) in [7, 11) is 1.73. The third-order valence-electron chi connectivity index (χ3n) is 4.89. The lowest BCUT2D eigenvalue weighted by atomic mass is 10.00. The molecule has 0 saturated carbocycles. The van der Waals surface area contributed by atoms with Crippen LogP contribution in [0.2, 0.25) is 0 Å². The summed E-state index contributed by atoms with van der Waals surface area (Å²) in [5.41, 5.74) is 8.14. The molecular weight excluding hydrogens is 304 g/mol. The van der Waals surface area contributed by atoms with Gasteiger partial charge in [-0.1, -0.05) is 11.8 Å². The Bertz CT molecular complexity index is 747. The van der Waals surface area contributed by atoms with E-state index >= 15 is 0 Å². The fourth-order valence-corrected chi connectivity index (χ4v) is 4.34. The van der Waals surface area contributed by atoms with Gasteiger partial charge in [-0.3, -0.25) is 0 Å². The van der Waals surface area contributed by atoms with Gasteiger partial charge in [0.05, 0.1) is 7.11 Å². The van der Waals surface area contributed by atoms with Crippen LogP contribution in [0.4, 0.5) is 0 Å². The van der Waals surface area contributed by atoms with Crippen molar-refractivity contribution in [3.8, 4) is 11.5 Å². The second-order valence-electron chi connectivity index (χ2n) is 6.26. The first kappa shape index (κ1) is 17.7. The molecule has 2 rings (SSSR count). The highest BCUT2D eigenvalue weighted by Crippen LogP contribution is 2.43. The second kappa shape index (κ2) is 6.48. The van der Waals surface area contributed by atoms with Crippen molar-refractivity contribution in [2.24, 2.45) is 0 Å². The molecule has 0 saturated heterocycles. The van der Waals surface area contributed by atoms with E-state index in [0.29, 0.717) is 5.75 Å². The van der Waals surface area contributed by atoms with Gasteiger partial charge in [-0.15, -0.1) is 0 Å². The molecule has 2 aromatic rings. The van der Waals surface area contributed by atoms with Crippen molar-refractivity contribution in [3.05, 3.63) is 45.0 Å². The summed E-state index contributed by atoms with van der Waals surface area (Å²) in [4.78, 5) is 2.52. The molecule has 3 heteroatoms. The highest BCUT2D eigenvalue weighted by Gasteiger charge is 2.18. The molecule has 23 heavy (non-hydrogen) atoms. The van der Waals surface area contributed by atoms with Crippen molar-refractivity contribution >= 4 is 11.8 Å². The smallest absolute Gasteiger partial charge is 0.125 e. The SMILES string of the molecule is COc1c(C)c(C)c(Sc2c(C)cc(O)c(C)c2C)c(C)c1C. The fraction of sp³-hybridized carbons (Fsp3) is 0.400. The first-order valence-corrected chi connectivity index (χ1v) is 8.64. The van der Waals surface area contributed by atoms with Gasteiger partial charge in [0.2, 0.25) is 0 Å². The van der Waals surface area contributed by atoms with E-state index in [9.17, 15) is 5.11 Å². The molecule has 1 N–H and O–H groups in total. The zero-order valence-electron chi connectivity index (χ0n) is 15.3. The van der Waals surface area contributed by atoms with E-state index in [2.05, 4.69) is 41.5 Å². The largest absolute Gasteiger partial charge is 0.508 e. The van der Waals surface area contributed by atoms with Crippen LogP contribution in [0.5, 0.6) is 11.5 Å². The van der Waals surface area contributed by atoms with E-state index < -0.39 is 0 Å². The molecule has 0 aliphatic carbocycles. The van der Waals surface area contributed by atoms with Crippen molar-refractivity contribution in [1.29, 1.82) is 0 Å². The maximum atomic E-state index is 10.0. The molecule has 124 valence electrons. The van der Waals surface area contributed by atoms with Gasteiger partial charge in [-0.25, -0.2) is 0 Å². The van der Waals surface area contributed by atoms with Crippen LogP contribution in [-0.4, -0.2) is 12.2 Å². The zero-order valence-corrected chi connectivity index (χ0v) is 16.2. The van der Waals surface area contributed by atoms with E-state index in [1.165, 1.54) is 32.0 Å². The Morgan fingerprint density at radius 3 is 1.70 bits per heavy atom. The first-order valence-electron chi connectivity index (χ1n) is 7.82. The minimum absolute atomic E-state index is 0.375. The Morgan fingerprint density at radius 2 is 1.22 bits per heavy atom. The van der Waals surface area contributed by atoms with E-state index in [1.807, 2.05) is 13.0 Å². The summed E-state index contributed by atoms with van der Waals surface area (Å²) in [6, 6.07) is 1.86. The van der Waals surface area contributed by atoms with Crippen molar-refractivity contribution < 1.29 is 9.84 Å². The third kappa shape index (κ3) is 2.94. The Balaban J connectivity index is 2.65. The van der Waals surface area contributed by atoms with Gasteiger partial charge in [-0.05, 0) is 93.5 Å². The standard InChI is InChI=1S/C20H26O2S/c1-10-9-17(21)11(2)14(5)19(10)23-20-15(6)12(3)18(22-8)13(4)16(20)7/h9,21H,1-8H3. The van der Waals surface area contributed by atoms with Crippen LogP contribution in [-0.2, 0) is 0 Å².